The van der Waals surface area contributed by atoms with Crippen LogP contribution in [0.1, 0.15) is 18.6 Å². The molecular weight excluding hydrogens is 236 g/mol. The van der Waals surface area contributed by atoms with Gasteiger partial charge in [0, 0.05) is 23.5 Å². The summed E-state index contributed by atoms with van der Waals surface area (Å²) in [5.41, 5.74) is 7.44. The average molecular weight is 249 g/mol. The largest absolute Gasteiger partial charge is 0.484 e. The minimum Gasteiger partial charge on any atom is -0.484 e. The SMILES string of the molecule is CC(Oc1cc(Cl)ccc1N)c1ccncc1. The number of rotatable bonds is 3. The van der Waals surface area contributed by atoms with Gasteiger partial charge in [0.25, 0.3) is 0 Å². The third kappa shape index (κ3) is 2.88. The second kappa shape index (κ2) is 5.06. The Labute approximate surface area is 105 Å². The Morgan fingerprint density at radius 1 is 1.24 bits per heavy atom. The fourth-order valence-electron chi connectivity index (χ4n) is 1.50. The lowest BCUT2D eigenvalue weighted by Gasteiger charge is -2.16. The summed E-state index contributed by atoms with van der Waals surface area (Å²) in [6, 6.07) is 9.00. The number of nitrogens with zero attached hydrogens (tertiary/aromatic N) is 1. The predicted molar refractivity (Wildman–Crippen MR) is 69.1 cm³/mol. The van der Waals surface area contributed by atoms with E-state index < -0.39 is 0 Å². The van der Waals surface area contributed by atoms with Gasteiger partial charge in [-0.25, -0.2) is 0 Å². The van der Waals surface area contributed by atoms with Crippen molar-refractivity contribution in [2.45, 2.75) is 13.0 Å². The Bertz CT molecular complexity index is 502. The van der Waals surface area contributed by atoms with Gasteiger partial charge in [0.2, 0.25) is 0 Å². The van der Waals surface area contributed by atoms with E-state index in [9.17, 15) is 0 Å². The Kier molecular flexibility index (Phi) is 3.49. The maximum absolute atomic E-state index is 5.90. The van der Waals surface area contributed by atoms with Gasteiger partial charge in [0.15, 0.2) is 0 Å². The van der Waals surface area contributed by atoms with Crippen LogP contribution in [0.2, 0.25) is 5.02 Å². The van der Waals surface area contributed by atoms with Gasteiger partial charge in [-0.05, 0) is 36.8 Å². The van der Waals surface area contributed by atoms with E-state index in [1.54, 1.807) is 30.6 Å². The molecule has 0 saturated carbocycles. The van der Waals surface area contributed by atoms with Gasteiger partial charge in [-0.1, -0.05) is 11.6 Å². The standard InChI is InChI=1S/C13H13ClN2O/c1-9(10-4-6-16-7-5-10)17-13-8-11(14)2-3-12(13)15/h2-9H,15H2,1H3. The van der Waals surface area contributed by atoms with Crippen molar-refractivity contribution in [3.05, 3.63) is 53.3 Å². The molecule has 0 bridgehead atoms. The van der Waals surface area contributed by atoms with Crippen LogP contribution in [0.5, 0.6) is 5.75 Å². The zero-order chi connectivity index (χ0) is 12.3. The zero-order valence-electron chi connectivity index (χ0n) is 9.43. The number of pyridine rings is 1. The quantitative estimate of drug-likeness (QED) is 0.847. The maximum Gasteiger partial charge on any atom is 0.144 e. The highest BCUT2D eigenvalue weighted by molar-refractivity contribution is 6.30. The Morgan fingerprint density at radius 3 is 2.65 bits per heavy atom. The summed E-state index contributed by atoms with van der Waals surface area (Å²) in [6.07, 6.45) is 3.37. The lowest BCUT2D eigenvalue weighted by atomic mass is 10.2. The first kappa shape index (κ1) is 11.7. The first-order valence-electron chi connectivity index (χ1n) is 5.28. The topological polar surface area (TPSA) is 48.1 Å². The van der Waals surface area contributed by atoms with Gasteiger partial charge in [-0.15, -0.1) is 0 Å². The Morgan fingerprint density at radius 2 is 1.94 bits per heavy atom. The molecule has 0 aliphatic heterocycles. The molecule has 0 aliphatic carbocycles. The molecule has 4 heteroatoms. The minimum absolute atomic E-state index is 0.0984. The molecule has 1 heterocycles. The van der Waals surface area contributed by atoms with Crippen molar-refractivity contribution in [3.63, 3.8) is 0 Å². The monoisotopic (exact) mass is 248 g/mol. The van der Waals surface area contributed by atoms with E-state index in [-0.39, 0.29) is 6.10 Å². The normalized spacial score (nSPS) is 12.1. The number of halogens is 1. The molecule has 1 unspecified atom stereocenters. The van der Waals surface area contributed by atoms with E-state index in [2.05, 4.69) is 4.98 Å². The summed E-state index contributed by atoms with van der Waals surface area (Å²) in [6.45, 7) is 1.95. The summed E-state index contributed by atoms with van der Waals surface area (Å²) in [4.78, 5) is 3.97. The molecule has 1 aromatic heterocycles. The number of nitrogens with two attached hydrogens (primary N) is 1. The maximum atomic E-state index is 5.90. The van der Waals surface area contributed by atoms with Gasteiger partial charge in [0.1, 0.15) is 11.9 Å². The van der Waals surface area contributed by atoms with Gasteiger partial charge in [-0.3, -0.25) is 4.98 Å². The smallest absolute Gasteiger partial charge is 0.144 e. The molecule has 2 aromatic rings. The lowest BCUT2D eigenvalue weighted by Crippen LogP contribution is -2.04. The second-order valence-electron chi connectivity index (χ2n) is 3.72. The van der Waals surface area contributed by atoms with Crippen molar-refractivity contribution in [2.75, 3.05) is 5.73 Å². The summed E-state index contributed by atoms with van der Waals surface area (Å²) in [5, 5.41) is 0.608. The number of hydrogen-bond acceptors (Lipinski definition) is 3. The van der Waals surface area contributed by atoms with Crippen LogP contribution in [0, 0.1) is 0 Å². The van der Waals surface area contributed by atoms with E-state index >= 15 is 0 Å². The van der Waals surface area contributed by atoms with Crippen LogP contribution in [-0.4, -0.2) is 4.98 Å². The molecular formula is C13H13ClN2O. The van der Waals surface area contributed by atoms with Crippen LogP contribution in [0.25, 0.3) is 0 Å². The van der Waals surface area contributed by atoms with Gasteiger partial charge in [-0.2, -0.15) is 0 Å². The Hall–Kier alpha value is -1.74. The molecule has 2 N–H and O–H groups in total. The highest BCUT2D eigenvalue weighted by atomic mass is 35.5. The number of nitrogen functional groups attached to an aromatic ring is 1. The van der Waals surface area contributed by atoms with Crippen LogP contribution in [0.15, 0.2) is 42.7 Å². The molecule has 0 saturated heterocycles. The van der Waals surface area contributed by atoms with Crippen molar-refractivity contribution in [1.29, 1.82) is 0 Å². The van der Waals surface area contributed by atoms with Crippen LogP contribution in [-0.2, 0) is 0 Å². The summed E-state index contributed by atoms with van der Waals surface area (Å²) >= 11 is 5.90. The molecule has 0 aliphatic rings. The van der Waals surface area contributed by atoms with E-state index in [1.165, 1.54) is 0 Å². The second-order valence-corrected chi connectivity index (χ2v) is 4.16. The lowest BCUT2D eigenvalue weighted by molar-refractivity contribution is 0.228. The summed E-state index contributed by atoms with van der Waals surface area (Å²) < 4.78 is 5.77. The summed E-state index contributed by atoms with van der Waals surface area (Å²) in [5.74, 6) is 0.599. The zero-order valence-corrected chi connectivity index (χ0v) is 10.2. The third-order valence-corrected chi connectivity index (χ3v) is 2.69. The molecule has 88 valence electrons. The van der Waals surface area contributed by atoms with Crippen molar-refractivity contribution in [3.8, 4) is 5.75 Å². The molecule has 2 rings (SSSR count). The van der Waals surface area contributed by atoms with Crippen LogP contribution >= 0.6 is 11.6 Å². The van der Waals surface area contributed by atoms with Crippen molar-refractivity contribution < 1.29 is 4.74 Å². The fourth-order valence-corrected chi connectivity index (χ4v) is 1.67. The molecule has 0 fully saturated rings. The number of aromatic nitrogens is 1. The van der Waals surface area contributed by atoms with E-state index in [1.807, 2.05) is 19.1 Å². The highest BCUT2D eigenvalue weighted by Gasteiger charge is 2.09. The fraction of sp³-hybridized carbons (Fsp3) is 0.154. The molecule has 1 aromatic carbocycles. The van der Waals surface area contributed by atoms with E-state index in [4.69, 9.17) is 22.1 Å². The molecule has 3 nitrogen and oxygen atoms in total. The molecule has 0 spiro atoms. The van der Waals surface area contributed by atoms with Crippen LogP contribution in [0.3, 0.4) is 0 Å². The van der Waals surface area contributed by atoms with Gasteiger partial charge in [0.05, 0.1) is 5.69 Å². The van der Waals surface area contributed by atoms with Crippen molar-refractivity contribution in [2.24, 2.45) is 0 Å². The Balaban J connectivity index is 2.18. The molecule has 1 atom stereocenters. The minimum atomic E-state index is -0.0984. The van der Waals surface area contributed by atoms with Crippen molar-refractivity contribution >= 4 is 17.3 Å². The first-order chi connectivity index (χ1) is 8.16. The predicted octanol–water partition coefficient (Wildman–Crippen LogP) is 3.46. The molecule has 0 radical (unpaired) electrons. The van der Waals surface area contributed by atoms with Gasteiger partial charge < -0.3 is 10.5 Å². The van der Waals surface area contributed by atoms with E-state index in [0.29, 0.717) is 16.5 Å². The number of ether oxygens (including phenoxy) is 1. The average Bonchev–Trinajstić information content (AvgIpc) is 2.35. The van der Waals surface area contributed by atoms with E-state index in [0.717, 1.165) is 5.56 Å². The van der Waals surface area contributed by atoms with Crippen molar-refractivity contribution in [1.82, 2.24) is 4.98 Å². The molecule has 17 heavy (non-hydrogen) atoms. The number of hydrogen-bond donors (Lipinski definition) is 1. The third-order valence-electron chi connectivity index (χ3n) is 2.45. The number of benzene rings is 1. The van der Waals surface area contributed by atoms with Crippen LogP contribution < -0.4 is 10.5 Å². The first-order valence-corrected chi connectivity index (χ1v) is 5.66. The summed E-state index contributed by atoms with van der Waals surface area (Å²) in [7, 11) is 0. The number of anilines is 1. The highest BCUT2D eigenvalue weighted by Crippen LogP contribution is 2.29. The van der Waals surface area contributed by atoms with Crippen LogP contribution in [0.4, 0.5) is 5.69 Å². The molecule has 0 amide bonds. The van der Waals surface area contributed by atoms with Gasteiger partial charge >= 0.3 is 0 Å².